The highest BCUT2D eigenvalue weighted by atomic mass is 19.4. The molecule has 0 radical (unpaired) electrons. The van der Waals surface area contributed by atoms with Gasteiger partial charge in [0.15, 0.2) is 5.65 Å². The summed E-state index contributed by atoms with van der Waals surface area (Å²) in [5, 5.41) is 3.38. The summed E-state index contributed by atoms with van der Waals surface area (Å²) in [7, 11) is 0. The van der Waals surface area contributed by atoms with E-state index in [4.69, 9.17) is 4.74 Å². The predicted octanol–water partition coefficient (Wildman–Crippen LogP) is 3.52. The van der Waals surface area contributed by atoms with Gasteiger partial charge < -0.3 is 15.0 Å². The minimum Gasteiger partial charge on any atom is -0.369 e. The Bertz CT molecular complexity index is 1060. The highest BCUT2D eigenvalue weighted by Gasteiger charge is 2.35. The second-order valence-electron chi connectivity index (χ2n) is 6.80. The first-order chi connectivity index (χ1) is 14.8. The van der Waals surface area contributed by atoms with Crippen LogP contribution in [0.15, 0.2) is 36.7 Å². The van der Waals surface area contributed by atoms with Crippen LogP contribution in [-0.2, 0) is 17.5 Å². The van der Waals surface area contributed by atoms with Crippen LogP contribution in [0.1, 0.15) is 11.3 Å². The molecule has 12 heteroatoms. The van der Waals surface area contributed by atoms with E-state index >= 15 is 0 Å². The molecule has 1 saturated heterocycles. The maximum absolute atomic E-state index is 13.2. The van der Waals surface area contributed by atoms with Crippen LogP contribution in [-0.4, -0.2) is 52.2 Å². The van der Waals surface area contributed by atoms with Crippen molar-refractivity contribution < 1.29 is 26.7 Å². The van der Waals surface area contributed by atoms with Crippen molar-refractivity contribution in [1.82, 2.24) is 19.9 Å². The third-order valence-corrected chi connectivity index (χ3v) is 4.72. The lowest BCUT2D eigenvalue weighted by Crippen LogP contribution is -2.46. The third-order valence-electron chi connectivity index (χ3n) is 4.72. The van der Waals surface area contributed by atoms with Gasteiger partial charge in [-0.25, -0.2) is 13.8 Å². The van der Waals surface area contributed by atoms with Crippen LogP contribution in [0, 0.1) is 0 Å². The number of pyridine rings is 2. The SMILES string of the molecule is FC(F)C1CN(c2nc(NCc3cccnc3C(F)(F)F)c3cccnc3n2)CCO1. The molecule has 0 amide bonds. The van der Waals surface area contributed by atoms with Gasteiger partial charge in [0.1, 0.15) is 17.6 Å². The molecule has 0 spiro atoms. The number of rotatable bonds is 5. The lowest BCUT2D eigenvalue weighted by Gasteiger charge is -2.32. The van der Waals surface area contributed by atoms with Crippen LogP contribution >= 0.6 is 0 Å². The summed E-state index contributed by atoms with van der Waals surface area (Å²) >= 11 is 0. The fourth-order valence-electron chi connectivity index (χ4n) is 3.25. The van der Waals surface area contributed by atoms with Crippen molar-refractivity contribution in [1.29, 1.82) is 0 Å². The number of nitrogens with one attached hydrogen (secondary N) is 1. The molecule has 1 N–H and O–H groups in total. The zero-order valence-corrected chi connectivity index (χ0v) is 16.0. The lowest BCUT2D eigenvalue weighted by molar-refractivity contribution is -0.141. The summed E-state index contributed by atoms with van der Waals surface area (Å²) in [6.45, 7) is 0.0516. The summed E-state index contributed by atoms with van der Waals surface area (Å²) in [6.07, 6.45) is -5.96. The Hall–Kier alpha value is -3.15. The van der Waals surface area contributed by atoms with Crippen LogP contribution in [0.25, 0.3) is 11.0 Å². The minimum atomic E-state index is -4.60. The molecule has 0 aliphatic carbocycles. The number of fused-ring (bicyclic) bond motifs is 1. The van der Waals surface area contributed by atoms with Crippen LogP contribution in [0.3, 0.4) is 0 Å². The maximum atomic E-state index is 13.2. The Labute approximate surface area is 173 Å². The lowest BCUT2D eigenvalue weighted by atomic mass is 10.2. The van der Waals surface area contributed by atoms with E-state index in [9.17, 15) is 22.0 Å². The Morgan fingerprint density at radius 3 is 2.68 bits per heavy atom. The van der Waals surface area contributed by atoms with Gasteiger partial charge in [-0.15, -0.1) is 0 Å². The smallest absolute Gasteiger partial charge is 0.369 e. The largest absolute Gasteiger partial charge is 0.433 e. The van der Waals surface area contributed by atoms with Gasteiger partial charge in [-0.1, -0.05) is 6.07 Å². The van der Waals surface area contributed by atoms with Crippen LogP contribution < -0.4 is 10.2 Å². The van der Waals surface area contributed by atoms with Gasteiger partial charge >= 0.3 is 6.18 Å². The van der Waals surface area contributed by atoms with Crippen molar-refractivity contribution >= 4 is 22.8 Å². The molecule has 31 heavy (non-hydrogen) atoms. The fourth-order valence-corrected chi connectivity index (χ4v) is 3.25. The number of anilines is 2. The molecule has 1 fully saturated rings. The van der Waals surface area contributed by atoms with E-state index in [1.165, 1.54) is 18.3 Å². The Morgan fingerprint density at radius 1 is 1.13 bits per heavy atom. The van der Waals surface area contributed by atoms with Gasteiger partial charge in [0, 0.05) is 31.0 Å². The zero-order chi connectivity index (χ0) is 22.0. The monoisotopic (exact) mass is 440 g/mol. The fraction of sp³-hybridized carbons (Fsp3) is 0.368. The Morgan fingerprint density at radius 2 is 1.90 bits per heavy atom. The van der Waals surface area contributed by atoms with Crippen molar-refractivity contribution in [2.24, 2.45) is 0 Å². The average molecular weight is 440 g/mol. The number of alkyl halides is 5. The normalized spacial score (nSPS) is 17.4. The molecule has 1 unspecified atom stereocenters. The molecule has 0 aromatic carbocycles. The quantitative estimate of drug-likeness (QED) is 0.609. The van der Waals surface area contributed by atoms with E-state index in [2.05, 4.69) is 25.3 Å². The first kappa shape index (κ1) is 21.1. The standard InChI is InChI=1S/C19H17F5N6O/c20-15(21)13-10-30(7-8-31-13)18-28-16-12(4-2-6-26-16)17(29-18)27-9-11-3-1-5-25-14(11)19(22,23)24/h1-6,13,15H,7-10H2,(H,26,27,28,29). The van der Waals surface area contributed by atoms with E-state index < -0.39 is 24.4 Å². The van der Waals surface area contributed by atoms with Gasteiger partial charge in [-0.3, -0.25) is 4.98 Å². The van der Waals surface area contributed by atoms with Gasteiger partial charge in [0.25, 0.3) is 6.43 Å². The zero-order valence-electron chi connectivity index (χ0n) is 16.0. The number of hydrogen-bond donors (Lipinski definition) is 1. The number of halogens is 5. The molecular formula is C19H17F5N6O. The molecule has 7 nitrogen and oxygen atoms in total. The van der Waals surface area contributed by atoms with Crippen LogP contribution in [0.4, 0.5) is 33.7 Å². The summed E-state index contributed by atoms with van der Waals surface area (Å²) in [5.74, 6) is 0.384. The number of morpholine rings is 1. The Kier molecular flexibility index (Phi) is 5.81. The molecule has 0 saturated carbocycles. The van der Waals surface area contributed by atoms with Gasteiger partial charge in [0.05, 0.1) is 18.5 Å². The highest BCUT2D eigenvalue weighted by molar-refractivity contribution is 5.87. The van der Waals surface area contributed by atoms with Crippen molar-refractivity contribution in [3.05, 3.63) is 47.9 Å². The van der Waals surface area contributed by atoms with Crippen molar-refractivity contribution in [3.8, 4) is 0 Å². The van der Waals surface area contributed by atoms with Crippen LogP contribution in [0.2, 0.25) is 0 Å². The van der Waals surface area contributed by atoms with E-state index in [1.807, 2.05) is 0 Å². The number of hydrogen-bond acceptors (Lipinski definition) is 7. The molecule has 3 aromatic rings. The predicted molar refractivity (Wildman–Crippen MR) is 102 cm³/mol. The van der Waals surface area contributed by atoms with Gasteiger partial charge in [0.2, 0.25) is 5.95 Å². The van der Waals surface area contributed by atoms with Crippen molar-refractivity contribution in [2.75, 3.05) is 29.9 Å². The minimum absolute atomic E-state index is 0.0589. The summed E-state index contributed by atoms with van der Waals surface area (Å²) in [4.78, 5) is 17.9. The molecule has 164 valence electrons. The highest BCUT2D eigenvalue weighted by Crippen LogP contribution is 2.31. The number of ether oxygens (including phenoxy) is 1. The van der Waals surface area contributed by atoms with E-state index in [1.54, 1.807) is 17.0 Å². The summed E-state index contributed by atoms with van der Waals surface area (Å²) in [6, 6.07) is 6.04. The molecule has 1 aliphatic rings. The summed E-state index contributed by atoms with van der Waals surface area (Å²) in [5.41, 5.74) is -0.763. The summed E-state index contributed by atoms with van der Waals surface area (Å²) < 4.78 is 70.9. The maximum Gasteiger partial charge on any atom is 0.433 e. The molecule has 1 aliphatic heterocycles. The molecule has 3 aromatic heterocycles. The topological polar surface area (TPSA) is 76.1 Å². The Balaban J connectivity index is 1.65. The second-order valence-corrected chi connectivity index (χ2v) is 6.80. The van der Waals surface area contributed by atoms with E-state index in [-0.39, 0.29) is 42.7 Å². The van der Waals surface area contributed by atoms with E-state index in [0.717, 1.165) is 6.20 Å². The molecule has 0 bridgehead atoms. The average Bonchev–Trinajstić information content (AvgIpc) is 2.77. The number of nitrogens with zero attached hydrogens (tertiary/aromatic N) is 5. The van der Waals surface area contributed by atoms with Crippen LogP contribution in [0.5, 0.6) is 0 Å². The molecule has 1 atom stereocenters. The first-order valence-electron chi connectivity index (χ1n) is 9.35. The number of aromatic nitrogens is 4. The molecular weight excluding hydrogens is 423 g/mol. The van der Waals surface area contributed by atoms with Gasteiger partial charge in [-0.05, 0) is 18.2 Å². The van der Waals surface area contributed by atoms with E-state index in [0.29, 0.717) is 11.9 Å². The third kappa shape index (κ3) is 4.63. The molecule has 4 rings (SSSR count). The van der Waals surface area contributed by atoms with Crippen molar-refractivity contribution in [3.63, 3.8) is 0 Å². The first-order valence-corrected chi connectivity index (χ1v) is 9.35. The van der Waals surface area contributed by atoms with Gasteiger partial charge in [-0.2, -0.15) is 23.1 Å². The molecule has 4 heterocycles. The second kappa shape index (κ2) is 8.53. The van der Waals surface area contributed by atoms with Crippen molar-refractivity contribution in [2.45, 2.75) is 25.3 Å².